The van der Waals surface area contributed by atoms with E-state index in [2.05, 4.69) is 0 Å². The van der Waals surface area contributed by atoms with E-state index in [9.17, 15) is 9.18 Å². The number of hydrogen-bond acceptors (Lipinski definition) is 4. The van der Waals surface area contributed by atoms with Crippen molar-refractivity contribution in [3.63, 3.8) is 0 Å². The summed E-state index contributed by atoms with van der Waals surface area (Å²) in [6, 6.07) is 11.1. The van der Waals surface area contributed by atoms with Gasteiger partial charge in [0.25, 0.3) is 0 Å². The second-order valence-electron chi connectivity index (χ2n) is 5.03. The summed E-state index contributed by atoms with van der Waals surface area (Å²) in [5, 5.41) is 8.75. The third-order valence-corrected chi connectivity index (χ3v) is 3.28. The first-order chi connectivity index (χ1) is 11.6. The predicted molar refractivity (Wildman–Crippen MR) is 86.3 cm³/mol. The summed E-state index contributed by atoms with van der Waals surface area (Å²) in [6.07, 6.45) is 0.473. The molecule has 128 valence electrons. The van der Waals surface area contributed by atoms with Crippen molar-refractivity contribution in [3.05, 3.63) is 53.8 Å². The molecule has 0 fully saturated rings. The van der Waals surface area contributed by atoms with Gasteiger partial charge in [0.2, 0.25) is 0 Å². The van der Waals surface area contributed by atoms with Crippen LogP contribution >= 0.6 is 0 Å². The van der Waals surface area contributed by atoms with Crippen LogP contribution in [0.25, 0.3) is 0 Å². The van der Waals surface area contributed by atoms with Crippen LogP contribution in [-0.4, -0.2) is 31.4 Å². The monoisotopic (exact) mass is 334 g/mol. The number of methoxy groups -OCH3 is 1. The Hall–Kier alpha value is -2.76. The van der Waals surface area contributed by atoms with Crippen molar-refractivity contribution >= 4 is 5.97 Å². The SMILES string of the molecule is COc1ccc(CCC(=O)O)cc1OCCOc1ccc(F)cc1. The first kappa shape index (κ1) is 17.6. The van der Waals surface area contributed by atoms with Crippen LogP contribution < -0.4 is 14.2 Å². The summed E-state index contributed by atoms with van der Waals surface area (Å²) in [6.45, 7) is 0.560. The Balaban J connectivity index is 1.88. The van der Waals surface area contributed by atoms with Gasteiger partial charge in [-0.15, -0.1) is 0 Å². The largest absolute Gasteiger partial charge is 0.493 e. The highest BCUT2D eigenvalue weighted by atomic mass is 19.1. The van der Waals surface area contributed by atoms with Gasteiger partial charge in [-0.25, -0.2) is 4.39 Å². The topological polar surface area (TPSA) is 65.0 Å². The molecule has 24 heavy (non-hydrogen) atoms. The number of aryl methyl sites for hydroxylation is 1. The lowest BCUT2D eigenvalue weighted by atomic mass is 10.1. The third-order valence-electron chi connectivity index (χ3n) is 3.28. The van der Waals surface area contributed by atoms with Crippen molar-refractivity contribution in [3.8, 4) is 17.2 Å². The van der Waals surface area contributed by atoms with Crippen LogP contribution in [-0.2, 0) is 11.2 Å². The van der Waals surface area contributed by atoms with Crippen LogP contribution in [0.4, 0.5) is 4.39 Å². The van der Waals surface area contributed by atoms with Gasteiger partial charge in [0.15, 0.2) is 11.5 Å². The van der Waals surface area contributed by atoms with Gasteiger partial charge in [0.05, 0.1) is 7.11 Å². The number of ether oxygens (including phenoxy) is 3. The Bertz CT molecular complexity index is 670. The Morgan fingerprint density at radius 3 is 2.42 bits per heavy atom. The number of rotatable bonds is 9. The average molecular weight is 334 g/mol. The lowest BCUT2D eigenvalue weighted by Gasteiger charge is -2.13. The molecule has 0 aliphatic carbocycles. The van der Waals surface area contributed by atoms with E-state index in [1.54, 1.807) is 24.3 Å². The summed E-state index contributed by atoms with van der Waals surface area (Å²) in [4.78, 5) is 10.7. The highest BCUT2D eigenvalue weighted by molar-refractivity contribution is 5.67. The van der Waals surface area contributed by atoms with Crippen LogP contribution in [0.3, 0.4) is 0 Å². The van der Waals surface area contributed by atoms with Gasteiger partial charge in [-0.3, -0.25) is 4.79 Å². The molecule has 2 aromatic rings. The molecule has 5 nitrogen and oxygen atoms in total. The smallest absolute Gasteiger partial charge is 0.303 e. The standard InChI is InChI=1S/C18H19FO5/c1-22-16-8-2-13(3-9-18(20)21)12-17(16)24-11-10-23-15-6-4-14(19)5-7-15/h2,4-8,12H,3,9-11H2,1H3,(H,20,21). The molecule has 0 heterocycles. The van der Waals surface area contributed by atoms with Crippen LogP contribution in [0, 0.1) is 5.82 Å². The zero-order chi connectivity index (χ0) is 17.4. The van der Waals surface area contributed by atoms with Crippen molar-refractivity contribution < 1.29 is 28.5 Å². The molecule has 0 atom stereocenters. The molecular weight excluding hydrogens is 315 g/mol. The lowest BCUT2D eigenvalue weighted by molar-refractivity contribution is -0.136. The summed E-state index contributed by atoms with van der Waals surface area (Å²) in [5.41, 5.74) is 0.854. The van der Waals surface area contributed by atoms with Crippen molar-refractivity contribution in [2.24, 2.45) is 0 Å². The normalized spacial score (nSPS) is 10.2. The average Bonchev–Trinajstić information content (AvgIpc) is 2.58. The second-order valence-corrected chi connectivity index (χ2v) is 5.03. The van der Waals surface area contributed by atoms with Gasteiger partial charge in [0.1, 0.15) is 24.8 Å². The fraction of sp³-hybridized carbons (Fsp3) is 0.278. The molecule has 2 aromatic carbocycles. The maximum absolute atomic E-state index is 12.8. The summed E-state index contributed by atoms with van der Waals surface area (Å²) >= 11 is 0. The van der Waals surface area contributed by atoms with E-state index >= 15 is 0 Å². The van der Waals surface area contributed by atoms with Crippen LogP contribution in [0.5, 0.6) is 17.2 Å². The zero-order valence-electron chi connectivity index (χ0n) is 13.3. The molecule has 0 aliphatic heterocycles. The Labute approximate surface area is 139 Å². The van der Waals surface area contributed by atoms with Gasteiger partial charge >= 0.3 is 5.97 Å². The number of hydrogen-bond donors (Lipinski definition) is 1. The first-order valence-electron chi connectivity index (χ1n) is 7.48. The van der Waals surface area contributed by atoms with Gasteiger partial charge in [-0.05, 0) is 48.4 Å². The first-order valence-corrected chi connectivity index (χ1v) is 7.48. The number of carbonyl (C=O) groups is 1. The number of carboxylic acid groups (broad SMARTS) is 1. The maximum Gasteiger partial charge on any atom is 0.303 e. The third kappa shape index (κ3) is 5.46. The molecule has 2 rings (SSSR count). The molecule has 0 saturated carbocycles. The number of aliphatic carboxylic acids is 1. The molecular formula is C18H19FO5. The highest BCUT2D eigenvalue weighted by Gasteiger charge is 2.07. The number of benzene rings is 2. The minimum absolute atomic E-state index is 0.0550. The minimum Gasteiger partial charge on any atom is -0.493 e. The van der Waals surface area contributed by atoms with Gasteiger partial charge < -0.3 is 19.3 Å². The van der Waals surface area contributed by atoms with Crippen molar-refractivity contribution in [2.45, 2.75) is 12.8 Å². The van der Waals surface area contributed by atoms with Gasteiger partial charge in [-0.2, -0.15) is 0 Å². The van der Waals surface area contributed by atoms with Crippen LogP contribution in [0.1, 0.15) is 12.0 Å². The summed E-state index contributed by atoms with van der Waals surface area (Å²) < 4.78 is 29.1. The van der Waals surface area contributed by atoms with Gasteiger partial charge in [-0.1, -0.05) is 6.07 Å². The fourth-order valence-corrected chi connectivity index (χ4v) is 2.08. The van der Waals surface area contributed by atoms with E-state index in [0.717, 1.165) is 5.56 Å². The maximum atomic E-state index is 12.8. The fourth-order valence-electron chi connectivity index (χ4n) is 2.08. The lowest BCUT2D eigenvalue weighted by Crippen LogP contribution is -2.10. The Kier molecular flexibility index (Phi) is 6.42. The number of halogens is 1. The molecule has 1 N–H and O–H groups in total. The zero-order valence-corrected chi connectivity index (χ0v) is 13.3. The van der Waals surface area contributed by atoms with E-state index in [1.165, 1.54) is 19.2 Å². The van der Waals surface area contributed by atoms with Crippen molar-refractivity contribution in [1.29, 1.82) is 0 Å². The van der Waals surface area contributed by atoms with E-state index in [-0.39, 0.29) is 25.5 Å². The van der Waals surface area contributed by atoms with Crippen molar-refractivity contribution in [1.82, 2.24) is 0 Å². The second kappa shape index (κ2) is 8.76. The van der Waals surface area contributed by atoms with Gasteiger partial charge in [0, 0.05) is 6.42 Å². The number of carboxylic acids is 1. The molecule has 0 aliphatic rings. The molecule has 0 spiro atoms. The quantitative estimate of drug-likeness (QED) is 0.713. The molecule has 6 heteroatoms. The van der Waals surface area contributed by atoms with E-state index in [1.807, 2.05) is 6.07 Å². The molecule has 0 radical (unpaired) electrons. The Morgan fingerprint density at radius 2 is 1.75 bits per heavy atom. The summed E-state index contributed by atoms with van der Waals surface area (Å²) in [7, 11) is 1.54. The Morgan fingerprint density at radius 1 is 1.04 bits per heavy atom. The molecule has 0 unspecified atom stereocenters. The molecule has 0 bridgehead atoms. The van der Waals surface area contributed by atoms with E-state index < -0.39 is 5.97 Å². The van der Waals surface area contributed by atoms with E-state index in [0.29, 0.717) is 23.7 Å². The predicted octanol–water partition coefficient (Wildman–Crippen LogP) is 3.31. The van der Waals surface area contributed by atoms with Crippen molar-refractivity contribution in [2.75, 3.05) is 20.3 Å². The van der Waals surface area contributed by atoms with E-state index in [4.69, 9.17) is 19.3 Å². The van der Waals surface area contributed by atoms with Crippen LogP contribution in [0.2, 0.25) is 0 Å². The summed E-state index contributed by atoms with van der Waals surface area (Å²) in [5.74, 6) is 0.489. The molecule has 0 saturated heterocycles. The van der Waals surface area contributed by atoms with Crippen LogP contribution in [0.15, 0.2) is 42.5 Å². The molecule has 0 amide bonds. The molecule has 0 aromatic heterocycles. The highest BCUT2D eigenvalue weighted by Crippen LogP contribution is 2.28. The minimum atomic E-state index is -0.846.